The van der Waals surface area contributed by atoms with E-state index in [2.05, 4.69) is 41.4 Å². The highest BCUT2D eigenvalue weighted by Gasteiger charge is 2.23. The Morgan fingerprint density at radius 3 is 2.47 bits per heavy atom. The fourth-order valence-corrected chi connectivity index (χ4v) is 3.09. The fourth-order valence-electron chi connectivity index (χ4n) is 2.47. The summed E-state index contributed by atoms with van der Waals surface area (Å²) in [6.07, 6.45) is 5.94. The van der Waals surface area contributed by atoms with Gasteiger partial charge in [0.05, 0.1) is 9.26 Å². The lowest BCUT2D eigenvalue weighted by Crippen LogP contribution is -2.16. The van der Waals surface area contributed by atoms with Gasteiger partial charge in [0.1, 0.15) is 11.6 Å². The molecule has 1 aliphatic rings. The average molecular weight is 345 g/mol. The van der Waals surface area contributed by atoms with Crippen molar-refractivity contribution >= 4 is 28.4 Å². The van der Waals surface area contributed by atoms with Gasteiger partial charge in [-0.1, -0.05) is 26.7 Å². The first kappa shape index (κ1) is 13.1. The first-order valence-electron chi connectivity index (χ1n) is 6.43. The molecule has 17 heavy (non-hydrogen) atoms. The Hall–Kier alpha value is -0.390. The number of aryl methyl sites for hydroxylation is 1. The summed E-state index contributed by atoms with van der Waals surface area (Å²) in [6, 6.07) is 0. The largest absolute Gasteiger partial charge is 0.383 e. The van der Waals surface area contributed by atoms with E-state index < -0.39 is 0 Å². The zero-order valence-electron chi connectivity index (χ0n) is 10.5. The second kappa shape index (κ2) is 5.50. The third kappa shape index (κ3) is 2.89. The zero-order chi connectivity index (χ0) is 12.4. The van der Waals surface area contributed by atoms with E-state index in [9.17, 15) is 0 Å². The van der Waals surface area contributed by atoms with Gasteiger partial charge in [0.15, 0.2) is 0 Å². The second-order valence-corrected chi connectivity index (χ2v) is 6.12. The van der Waals surface area contributed by atoms with Crippen LogP contribution in [0.25, 0.3) is 0 Å². The van der Waals surface area contributed by atoms with E-state index >= 15 is 0 Å². The van der Waals surface area contributed by atoms with Crippen LogP contribution in [0.4, 0.5) is 5.82 Å². The highest BCUT2D eigenvalue weighted by atomic mass is 127. The highest BCUT2D eigenvalue weighted by Crippen LogP contribution is 2.34. The third-order valence-electron chi connectivity index (χ3n) is 3.68. The Bertz CT molecular complexity index is 398. The van der Waals surface area contributed by atoms with Gasteiger partial charge >= 0.3 is 0 Å². The van der Waals surface area contributed by atoms with Crippen LogP contribution in [0.5, 0.6) is 0 Å². The van der Waals surface area contributed by atoms with Crippen molar-refractivity contribution in [3.8, 4) is 0 Å². The first-order chi connectivity index (χ1) is 8.11. The monoisotopic (exact) mass is 345 g/mol. The molecule has 0 saturated heterocycles. The van der Waals surface area contributed by atoms with Crippen molar-refractivity contribution < 1.29 is 0 Å². The van der Waals surface area contributed by atoms with Gasteiger partial charge < -0.3 is 5.73 Å². The van der Waals surface area contributed by atoms with Crippen LogP contribution in [0.3, 0.4) is 0 Å². The standard InChI is InChI=1S/C13H20IN3/c1-3-10-11(14)12(15)17-13(16-10)9-6-4-8(2)5-7-9/h8-9H,3-7H2,1-2H3,(H2,15,16,17). The van der Waals surface area contributed by atoms with Gasteiger partial charge in [0.25, 0.3) is 0 Å². The van der Waals surface area contributed by atoms with Gasteiger partial charge in [0.2, 0.25) is 0 Å². The predicted molar refractivity (Wildman–Crippen MR) is 78.9 cm³/mol. The molecule has 1 aliphatic carbocycles. The van der Waals surface area contributed by atoms with Crippen LogP contribution >= 0.6 is 22.6 Å². The summed E-state index contributed by atoms with van der Waals surface area (Å²) >= 11 is 2.25. The smallest absolute Gasteiger partial charge is 0.140 e. The van der Waals surface area contributed by atoms with Gasteiger partial charge in [-0.05, 0) is 47.8 Å². The minimum Gasteiger partial charge on any atom is -0.383 e. The normalized spacial score (nSPS) is 24.9. The lowest BCUT2D eigenvalue weighted by Gasteiger charge is -2.25. The van der Waals surface area contributed by atoms with Gasteiger partial charge in [-0.3, -0.25) is 0 Å². The molecule has 2 N–H and O–H groups in total. The number of rotatable bonds is 2. The van der Waals surface area contributed by atoms with Crippen molar-refractivity contribution in [3.63, 3.8) is 0 Å². The van der Waals surface area contributed by atoms with Crippen LogP contribution in [0, 0.1) is 9.49 Å². The molecule has 94 valence electrons. The number of nitrogens with two attached hydrogens (primary N) is 1. The summed E-state index contributed by atoms with van der Waals surface area (Å²) in [5.74, 6) is 3.02. The summed E-state index contributed by atoms with van der Waals surface area (Å²) in [7, 11) is 0. The van der Waals surface area contributed by atoms with Crippen molar-refractivity contribution in [1.82, 2.24) is 9.97 Å². The SMILES string of the molecule is CCc1nc(C2CCC(C)CC2)nc(N)c1I. The maximum Gasteiger partial charge on any atom is 0.140 e. The lowest BCUT2D eigenvalue weighted by atomic mass is 9.82. The van der Waals surface area contributed by atoms with E-state index in [1.165, 1.54) is 25.7 Å². The molecule has 0 spiro atoms. The molecule has 1 aromatic rings. The van der Waals surface area contributed by atoms with Crippen molar-refractivity contribution in [3.05, 3.63) is 15.1 Å². The second-order valence-electron chi connectivity index (χ2n) is 5.04. The summed E-state index contributed by atoms with van der Waals surface area (Å²) < 4.78 is 1.03. The molecule has 3 nitrogen and oxygen atoms in total. The number of nitrogens with zero attached hydrogens (tertiary/aromatic N) is 2. The summed E-state index contributed by atoms with van der Waals surface area (Å²) in [5.41, 5.74) is 7.08. The number of aromatic nitrogens is 2. The van der Waals surface area contributed by atoms with Crippen LogP contribution in [-0.4, -0.2) is 9.97 Å². The first-order valence-corrected chi connectivity index (χ1v) is 7.51. The zero-order valence-corrected chi connectivity index (χ0v) is 12.7. The van der Waals surface area contributed by atoms with E-state index in [1.807, 2.05) is 0 Å². The molecular formula is C13H20IN3. The molecule has 2 rings (SSSR count). The molecule has 1 aromatic heterocycles. The van der Waals surface area contributed by atoms with E-state index in [4.69, 9.17) is 10.7 Å². The highest BCUT2D eigenvalue weighted by molar-refractivity contribution is 14.1. The summed E-state index contributed by atoms with van der Waals surface area (Å²) in [6.45, 7) is 4.45. The Morgan fingerprint density at radius 1 is 1.24 bits per heavy atom. The molecule has 0 atom stereocenters. The minimum absolute atomic E-state index is 0.524. The van der Waals surface area contributed by atoms with Crippen molar-refractivity contribution in [2.24, 2.45) is 5.92 Å². The molecule has 1 heterocycles. The Morgan fingerprint density at radius 2 is 1.88 bits per heavy atom. The van der Waals surface area contributed by atoms with Gasteiger partial charge in [-0.2, -0.15) is 0 Å². The molecule has 1 saturated carbocycles. The molecule has 0 aromatic carbocycles. The number of hydrogen-bond donors (Lipinski definition) is 1. The number of halogens is 1. The molecule has 0 bridgehead atoms. The molecule has 1 fully saturated rings. The lowest BCUT2D eigenvalue weighted by molar-refractivity contribution is 0.339. The van der Waals surface area contributed by atoms with Crippen molar-refractivity contribution in [2.75, 3.05) is 5.73 Å². The van der Waals surface area contributed by atoms with Crippen LogP contribution in [0.15, 0.2) is 0 Å². The van der Waals surface area contributed by atoms with Crippen LogP contribution in [-0.2, 0) is 6.42 Å². The Kier molecular flexibility index (Phi) is 4.22. The van der Waals surface area contributed by atoms with Gasteiger partial charge in [0, 0.05) is 5.92 Å². The van der Waals surface area contributed by atoms with Gasteiger partial charge in [-0.25, -0.2) is 9.97 Å². The van der Waals surface area contributed by atoms with Crippen LogP contribution in [0.1, 0.15) is 57.0 Å². The molecule has 0 radical (unpaired) electrons. The molecule has 0 amide bonds. The van der Waals surface area contributed by atoms with E-state index in [-0.39, 0.29) is 0 Å². The quantitative estimate of drug-likeness (QED) is 0.835. The Labute approximate surface area is 117 Å². The summed E-state index contributed by atoms with van der Waals surface area (Å²) in [5, 5.41) is 0. The molecular weight excluding hydrogens is 325 g/mol. The van der Waals surface area contributed by atoms with Crippen LogP contribution < -0.4 is 5.73 Å². The maximum absolute atomic E-state index is 5.97. The Balaban J connectivity index is 2.24. The number of anilines is 1. The van der Waals surface area contributed by atoms with E-state index in [0.29, 0.717) is 11.7 Å². The topological polar surface area (TPSA) is 51.8 Å². The average Bonchev–Trinajstić information content (AvgIpc) is 2.33. The van der Waals surface area contributed by atoms with Gasteiger partial charge in [-0.15, -0.1) is 0 Å². The predicted octanol–water partition coefficient (Wildman–Crippen LogP) is 3.52. The van der Waals surface area contributed by atoms with Crippen molar-refractivity contribution in [1.29, 1.82) is 0 Å². The third-order valence-corrected chi connectivity index (χ3v) is 4.85. The number of hydrogen-bond acceptors (Lipinski definition) is 3. The van der Waals surface area contributed by atoms with Crippen molar-refractivity contribution in [2.45, 2.75) is 51.9 Å². The minimum atomic E-state index is 0.524. The number of nitrogen functional groups attached to an aromatic ring is 1. The van der Waals surface area contributed by atoms with E-state index in [0.717, 1.165) is 27.4 Å². The van der Waals surface area contributed by atoms with Crippen LogP contribution in [0.2, 0.25) is 0 Å². The maximum atomic E-state index is 5.97. The fraction of sp³-hybridized carbons (Fsp3) is 0.692. The molecule has 4 heteroatoms. The van der Waals surface area contributed by atoms with E-state index in [1.54, 1.807) is 0 Å². The molecule has 0 unspecified atom stereocenters. The summed E-state index contributed by atoms with van der Waals surface area (Å²) in [4.78, 5) is 9.19. The molecule has 0 aliphatic heterocycles.